The zero-order valence-corrected chi connectivity index (χ0v) is 31.7. The number of hydrogen-bond donors (Lipinski definition) is 0. The molecule has 0 spiro atoms. The van der Waals surface area contributed by atoms with Gasteiger partial charge in [-0.15, -0.1) is 0 Å². The third-order valence-electron chi connectivity index (χ3n) is 13.6. The van der Waals surface area contributed by atoms with Gasteiger partial charge in [0.15, 0.2) is 0 Å². The van der Waals surface area contributed by atoms with Crippen molar-refractivity contribution in [3.63, 3.8) is 0 Å². The molecule has 0 fully saturated rings. The highest BCUT2D eigenvalue weighted by Gasteiger charge is 2.27. The number of nitrogens with zero attached hydrogens (tertiary/aromatic N) is 3. The monoisotopic (exact) mass is 745 g/mol. The molecule has 0 aliphatic heterocycles. The van der Waals surface area contributed by atoms with Gasteiger partial charge in [0.1, 0.15) is 0 Å². The first-order valence-corrected chi connectivity index (χ1v) is 20.5. The maximum absolute atomic E-state index is 2.63. The van der Waals surface area contributed by atoms with Gasteiger partial charge in [-0.25, -0.2) is 0 Å². The Balaban J connectivity index is 1.16. The zero-order valence-electron chi connectivity index (χ0n) is 31.7. The Morgan fingerprint density at radius 2 is 0.831 bits per heavy atom. The van der Waals surface area contributed by atoms with Crippen molar-refractivity contribution in [2.45, 2.75) is 0 Å². The lowest BCUT2D eigenvalue weighted by Crippen LogP contribution is -1.93. The standard InChI is InChI=1S/C56H31N3/c1-2-15-35(16-3-1)57-45-23-10-9-20-39(45)43-30-34(25-26-47(43)57)42-29-32-13-4-6-17-36(32)52-53-37-18-7-5-14-33(37)31-44-51-49(59(55(42)52)56(44)53)28-27-48-50(51)41-22-12-21-40-38-19-8-11-24-46(38)58(48)54(40)41/h1-31H. The number of fused-ring (bicyclic) bond motifs is 20. The molecule has 15 aromatic rings. The Kier molecular flexibility index (Phi) is 5.41. The first-order valence-electron chi connectivity index (χ1n) is 20.5. The Hall–Kier alpha value is -7.88. The second kappa shape index (κ2) is 10.5. The highest BCUT2D eigenvalue weighted by molar-refractivity contribution is 6.41. The summed E-state index contributed by atoms with van der Waals surface area (Å²) in [5, 5.41) is 18.2. The molecule has 0 saturated carbocycles. The van der Waals surface area contributed by atoms with Crippen molar-refractivity contribution in [2.24, 2.45) is 0 Å². The maximum Gasteiger partial charge on any atom is 0.0627 e. The topological polar surface area (TPSA) is 13.8 Å². The summed E-state index contributed by atoms with van der Waals surface area (Å²) >= 11 is 0. The van der Waals surface area contributed by atoms with Gasteiger partial charge in [-0.1, -0.05) is 127 Å². The van der Waals surface area contributed by atoms with Gasteiger partial charge >= 0.3 is 0 Å². The van der Waals surface area contributed by atoms with Crippen LogP contribution in [0.25, 0.3) is 136 Å². The molecule has 10 aromatic carbocycles. The van der Waals surface area contributed by atoms with Crippen LogP contribution in [0.5, 0.6) is 0 Å². The van der Waals surface area contributed by atoms with Gasteiger partial charge in [0.25, 0.3) is 0 Å². The third-order valence-corrected chi connectivity index (χ3v) is 13.6. The SMILES string of the molecule is c1ccc(-n2c3ccccc3c3cc(-c4cc5ccccc5c5c6c7ccccc7cc7c8c9c%10cccc%11c%12ccccc%12n(c9ccc8n(c45)c76)c%11%10)ccc32)cc1. The average molecular weight is 746 g/mol. The third kappa shape index (κ3) is 3.58. The predicted molar refractivity (Wildman–Crippen MR) is 251 cm³/mol. The highest BCUT2D eigenvalue weighted by Crippen LogP contribution is 2.51. The Labute approximate surface area is 336 Å². The summed E-state index contributed by atoms with van der Waals surface area (Å²) in [7, 11) is 0. The van der Waals surface area contributed by atoms with Crippen LogP contribution in [0.15, 0.2) is 188 Å². The molecule has 59 heavy (non-hydrogen) atoms. The number of aromatic nitrogens is 3. The highest BCUT2D eigenvalue weighted by atomic mass is 15.0. The second-order valence-corrected chi connectivity index (χ2v) is 16.4. The van der Waals surface area contributed by atoms with Crippen molar-refractivity contribution >= 4 is 120 Å². The Morgan fingerprint density at radius 1 is 0.271 bits per heavy atom. The minimum Gasteiger partial charge on any atom is -0.309 e. The lowest BCUT2D eigenvalue weighted by atomic mass is 9.93. The molecule has 3 nitrogen and oxygen atoms in total. The molecule has 0 unspecified atom stereocenters. The summed E-state index contributed by atoms with van der Waals surface area (Å²) in [5.41, 5.74) is 13.7. The van der Waals surface area contributed by atoms with Gasteiger partial charge in [0.05, 0.1) is 44.1 Å². The molecule has 5 aromatic heterocycles. The van der Waals surface area contributed by atoms with E-state index in [2.05, 4.69) is 201 Å². The van der Waals surface area contributed by atoms with Gasteiger partial charge < -0.3 is 13.4 Å². The lowest BCUT2D eigenvalue weighted by Gasteiger charge is -2.12. The van der Waals surface area contributed by atoms with Crippen molar-refractivity contribution in [1.29, 1.82) is 0 Å². The van der Waals surface area contributed by atoms with Gasteiger partial charge in [-0.3, -0.25) is 0 Å². The fourth-order valence-corrected chi connectivity index (χ4v) is 11.4. The molecule has 15 rings (SSSR count). The largest absolute Gasteiger partial charge is 0.309 e. The zero-order chi connectivity index (χ0) is 38.1. The smallest absolute Gasteiger partial charge is 0.0627 e. The van der Waals surface area contributed by atoms with Crippen molar-refractivity contribution < 1.29 is 0 Å². The molecule has 5 heterocycles. The summed E-state index contributed by atoms with van der Waals surface area (Å²) < 4.78 is 7.55. The van der Waals surface area contributed by atoms with E-state index in [9.17, 15) is 0 Å². The molecule has 0 atom stereocenters. The van der Waals surface area contributed by atoms with Crippen LogP contribution in [0.2, 0.25) is 0 Å². The number of para-hydroxylation sites is 4. The molecular weight excluding hydrogens is 715 g/mol. The number of benzene rings is 10. The van der Waals surface area contributed by atoms with E-state index < -0.39 is 0 Å². The minimum absolute atomic E-state index is 1.17. The summed E-state index contributed by atoms with van der Waals surface area (Å²) in [6.45, 7) is 0. The normalized spacial score (nSPS) is 12.7. The van der Waals surface area contributed by atoms with Crippen molar-refractivity contribution in [3.05, 3.63) is 188 Å². The van der Waals surface area contributed by atoms with Crippen LogP contribution in [-0.4, -0.2) is 13.4 Å². The molecule has 0 aliphatic carbocycles. The molecular formula is C56H31N3. The van der Waals surface area contributed by atoms with E-state index in [1.165, 1.54) is 136 Å². The molecule has 0 N–H and O–H groups in total. The molecule has 0 bridgehead atoms. The van der Waals surface area contributed by atoms with E-state index in [1.54, 1.807) is 0 Å². The minimum atomic E-state index is 1.17. The van der Waals surface area contributed by atoms with Gasteiger partial charge in [0.2, 0.25) is 0 Å². The van der Waals surface area contributed by atoms with Crippen LogP contribution in [0.1, 0.15) is 0 Å². The summed E-state index contributed by atoms with van der Waals surface area (Å²) in [4.78, 5) is 0. The summed E-state index contributed by atoms with van der Waals surface area (Å²) in [5.74, 6) is 0. The molecule has 3 heteroatoms. The van der Waals surface area contributed by atoms with E-state index in [4.69, 9.17) is 0 Å². The maximum atomic E-state index is 2.63. The van der Waals surface area contributed by atoms with E-state index >= 15 is 0 Å². The van der Waals surface area contributed by atoms with Crippen LogP contribution < -0.4 is 0 Å². The quantitative estimate of drug-likeness (QED) is 0.167. The first-order chi connectivity index (χ1) is 29.3. The predicted octanol–water partition coefficient (Wildman–Crippen LogP) is 15.1. The second-order valence-electron chi connectivity index (χ2n) is 16.4. The number of rotatable bonds is 2. The van der Waals surface area contributed by atoms with Crippen LogP contribution in [0, 0.1) is 0 Å². The molecule has 0 amide bonds. The lowest BCUT2D eigenvalue weighted by molar-refractivity contribution is 1.18. The van der Waals surface area contributed by atoms with Gasteiger partial charge in [-0.05, 0) is 87.8 Å². The van der Waals surface area contributed by atoms with E-state index in [0.29, 0.717) is 0 Å². The summed E-state index contributed by atoms with van der Waals surface area (Å²) in [6, 6.07) is 70.2. The molecule has 0 aliphatic rings. The molecule has 270 valence electrons. The number of hydrogen-bond acceptors (Lipinski definition) is 0. The van der Waals surface area contributed by atoms with E-state index in [1.807, 2.05) is 0 Å². The van der Waals surface area contributed by atoms with Crippen LogP contribution in [0.4, 0.5) is 0 Å². The van der Waals surface area contributed by atoms with Crippen molar-refractivity contribution in [2.75, 3.05) is 0 Å². The first kappa shape index (κ1) is 30.3. The Morgan fingerprint density at radius 3 is 1.63 bits per heavy atom. The van der Waals surface area contributed by atoms with E-state index in [-0.39, 0.29) is 0 Å². The summed E-state index contributed by atoms with van der Waals surface area (Å²) in [6.07, 6.45) is 0. The Bertz CT molecular complexity index is 4290. The van der Waals surface area contributed by atoms with Crippen molar-refractivity contribution in [3.8, 4) is 16.8 Å². The average Bonchev–Trinajstić information content (AvgIpc) is 4.09. The van der Waals surface area contributed by atoms with Crippen LogP contribution >= 0.6 is 0 Å². The van der Waals surface area contributed by atoms with Gasteiger partial charge in [0, 0.05) is 65.1 Å². The fourth-order valence-electron chi connectivity index (χ4n) is 11.4. The fraction of sp³-hybridized carbons (Fsp3) is 0. The molecule has 0 saturated heterocycles. The van der Waals surface area contributed by atoms with Gasteiger partial charge in [-0.2, -0.15) is 0 Å². The van der Waals surface area contributed by atoms with Crippen LogP contribution in [0.3, 0.4) is 0 Å². The van der Waals surface area contributed by atoms with Crippen LogP contribution in [-0.2, 0) is 0 Å². The van der Waals surface area contributed by atoms with E-state index in [0.717, 1.165) is 0 Å². The molecule has 0 radical (unpaired) electrons. The van der Waals surface area contributed by atoms with Crippen molar-refractivity contribution in [1.82, 2.24) is 13.4 Å².